The lowest BCUT2D eigenvalue weighted by atomic mass is 10.1. The summed E-state index contributed by atoms with van der Waals surface area (Å²) in [6.45, 7) is 1.24. The van der Waals surface area contributed by atoms with Gasteiger partial charge in [-0.3, -0.25) is 18.7 Å². The fourth-order valence-electron chi connectivity index (χ4n) is 3.22. The number of alkyl halides is 2. The van der Waals surface area contributed by atoms with Gasteiger partial charge in [-0.1, -0.05) is 23.0 Å². The second kappa shape index (κ2) is 11.1. The first-order valence-corrected chi connectivity index (χ1v) is 11.6. The van der Waals surface area contributed by atoms with E-state index in [1.54, 1.807) is 18.2 Å². The average Bonchev–Trinajstić information content (AvgIpc) is 3.05. The zero-order valence-electron chi connectivity index (χ0n) is 18.9. The lowest BCUT2D eigenvalue weighted by molar-refractivity contribution is -0.174. The molecule has 3 unspecified atom stereocenters. The summed E-state index contributed by atoms with van der Waals surface area (Å²) in [6, 6.07) is 7.42. The first kappa shape index (κ1) is 27.2. The molecule has 16 heteroatoms. The number of nitrogens with two attached hydrogens (primary N) is 1. The minimum absolute atomic E-state index is 0.143. The third kappa shape index (κ3) is 6.05. The number of hydrogen-bond acceptors (Lipinski definition) is 10. The lowest BCUT2D eigenvalue weighted by Crippen LogP contribution is -2.44. The Kier molecular flexibility index (Phi) is 8.40. The van der Waals surface area contributed by atoms with Gasteiger partial charge in [-0.2, -0.15) is 13.8 Å². The molecule has 1 aromatic carbocycles. The van der Waals surface area contributed by atoms with Crippen LogP contribution in [0.1, 0.15) is 20.1 Å². The third-order valence-electron chi connectivity index (χ3n) is 4.95. The van der Waals surface area contributed by atoms with E-state index in [1.807, 2.05) is 0 Å². The normalized spacial score (nSPS) is 22.6. The molecule has 0 spiro atoms. The van der Waals surface area contributed by atoms with Gasteiger partial charge in [0.1, 0.15) is 23.7 Å². The van der Waals surface area contributed by atoms with Crippen LogP contribution in [0.4, 0.5) is 14.6 Å². The standard InChI is InChI=1S/C20H23F2N4O9P/c1-11(17(28)29)26(35-13-6-4-3-5-7-13)36(31)32-10-14-16(33-12(2)27)20(21,22)18(34-14)25-9-8-15(23)24-19(25)30/h3-9,11,14,16,18,36H,10H2,1-2H3,(H,28,29)(H2,23,24,30)/t11?,14-,16-,18?/m1/s1. The number of ether oxygens (including phenoxy) is 2. The average molecular weight is 532 g/mol. The van der Waals surface area contributed by atoms with Crippen molar-refractivity contribution in [3.8, 4) is 5.75 Å². The van der Waals surface area contributed by atoms with Crippen LogP contribution in [0.15, 0.2) is 47.4 Å². The zero-order chi connectivity index (χ0) is 26.6. The molecule has 196 valence electrons. The van der Waals surface area contributed by atoms with Gasteiger partial charge in [-0.25, -0.2) is 4.79 Å². The minimum atomic E-state index is -3.94. The number of anilines is 1. The first-order chi connectivity index (χ1) is 16.9. The smallest absolute Gasteiger partial charge is 0.351 e. The van der Waals surface area contributed by atoms with Crippen molar-refractivity contribution in [1.82, 2.24) is 14.4 Å². The number of aromatic nitrogens is 2. The minimum Gasteiger partial charge on any atom is -0.480 e. The van der Waals surface area contributed by atoms with E-state index in [0.717, 1.165) is 19.2 Å². The number of para-hydroxylation sites is 1. The first-order valence-electron chi connectivity index (χ1n) is 10.4. The van der Waals surface area contributed by atoms with Crippen molar-refractivity contribution in [2.45, 2.75) is 44.2 Å². The lowest BCUT2D eigenvalue weighted by Gasteiger charge is -2.26. The molecule has 1 aromatic heterocycles. The van der Waals surface area contributed by atoms with Crippen LogP contribution >= 0.6 is 8.18 Å². The number of esters is 1. The van der Waals surface area contributed by atoms with Crippen molar-refractivity contribution >= 4 is 25.9 Å². The van der Waals surface area contributed by atoms with E-state index < -0.39 is 62.8 Å². The monoisotopic (exact) mass is 532 g/mol. The number of benzene rings is 1. The molecule has 1 aliphatic rings. The number of carbonyl (C=O) groups is 2. The van der Waals surface area contributed by atoms with Crippen LogP contribution in [0, 0.1) is 0 Å². The summed E-state index contributed by atoms with van der Waals surface area (Å²) in [6.07, 6.45) is -5.26. The molecule has 13 nitrogen and oxygen atoms in total. The summed E-state index contributed by atoms with van der Waals surface area (Å²) in [5.74, 6) is -6.48. The zero-order valence-corrected chi connectivity index (χ0v) is 19.9. The highest BCUT2D eigenvalue weighted by Crippen LogP contribution is 2.45. The molecular formula is C20H23F2N4O9P. The molecule has 1 fully saturated rings. The van der Waals surface area contributed by atoms with Crippen molar-refractivity contribution in [2.75, 3.05) is 12.3 Å². The highest BCUT2D eigenvalue weighted by atomic mass is 31.1. The van der Waals surface area contributed by atoms with Crippen LogP contribution < -0.4 is 16.3 Å². The fourth-order valence-corrected chi connectivity index (χ4v) is 4.26. The van der Waals surface area contributed by atoms with Crippen LogP contribution in [0.25, 0.3) is 0 Å². The van der Waals surface area contributed by atoms with Gasteiger partial charge in [0.15, 0.2) is 6.10 Å². The molecule has 0 saturated carbocycles. The number of carboxylic acids is 1. The molecule has 36 heavy (non-hydrogen) atoms. The predicted molar refractivity (Wildman–Crippen MR) is 118 cm³/mol. The second-order valence-electron chi connectivity index (χ2n) is 7.59. The quantitative estimate of drug-likeness (QED) is 0.257. The molecule has 1 saturated heterocycles. The van der Waals surface area contributed by atoms with E-state index in [-0.39, 0.29) is 11.6 Å². The van der Waals surface area contributed by atoms with Gasteiger partial charge in [0, 0.05) is 13.1 Å². The van der Waals surface area contributed by atoms with Gasteiger partial charge < -0.3 is 29.7 Å². The van der Waals surface area contributed by atoms with Crippen LogP contribution in [0.5, 0.6) is 5.75 Å². The van der Waals surface area contributed by atoms with Crippen LogP contribution in [-0.2, 0) is 28.2 Å². The maximum atomic E-state index is 15.2. The number of aliphatic carboxylic acids is 1. The Labute approximate surface area is 203 Å². The van der Waals surface area contributed by atoms with Gasteiger partial charge in [-0.05, 0) is 25.1 Å². The Hall–Kier alpha value is -3.39. The molecule has 2 heterocycles. The van der Waals surface area contributed by atoms with Gasteiger partial charge in [0.25, 0.3) is 8.18 Å². The van der Waals surface area contributed by atoms with Crippen LogP contribution in [-0.4, -0.2) is 62.2 Å². The van der Waals surface area contributed by atoms with Gasteiger partial charge in [-0.15, -0.1) is 0 Å². The van der Waals surface area contributed by atoms with Gasteiger partial charge >= 0.3 is 23.6 Å². The number of nitrogens with zero attached hydrogens (tertiary/aromatic N) is 3. The number of rotatable bonds is 10. The largest absolute Gasteiger partial charge is 0.480 e. The Morgan fingerprint density at radius 1 is 1.33 bits per heavy atom. The third-order valence-corrected chi connectivity index (χ3v) is 6.21. The SMILES string of the molecule is CC(=O)O[C@@H]1[C@@H](CO[PH](=O)N(Oc2ccccc2)C(C)C(=O)O)OC(n2ccc(N)nc2=O)C1(F)F. The number of hydrogen-bond donors (Lipinski definition) is 2. The Morgan fingerprint density at radius 2 is 2.00 bits per heavy atom. The number of halogens is 2. The highest BCUT2D eigenvalue weighted by molar-refractivity contribution is 7.36. The Balaban J connectivity index is 1.82. The molecule has 0 radical (unpaired) electrons. The van der Waals surface area contributed by atoms with Crippen molar-refractivity contribution in [3.05, 3.63) is 53.1 Å². The Bertz CT molecular complexity index is 1180. The van der Waals surface area contributed by atoms with Crippen molar-refractivity contribution < 1.29 is 46.9 Å². The molecule has 5 atom stereocenters. The predicted octanol–water partition coefficient (Wildman–Crippen LogP) is 1.47. The van der Waals surface area contributed by atoms with Crippen LogP contribution in [0.2, 0.25) is 0 Å². The molecule has 0 aliphatic carbocycles. The topological polar surface area (TPSA) is 173 Å². The van der Waals surface area contributed by atoms with E-state index in [0.29, 0.717) is 9.40 Å². The summed E-state index contributed by atoms with van der Waals surface area (Å²) in [7, 11) is -3.52. The van der Waals surface area contributed by atoms with E-state index >= 15 is 8.78 Å². The number of hydroxylamine groups is 1. The molecule has 1 aliphatic heterocycles. The van der Waals surface area contributed by atoms with E-state index in [2.05, 4.69) is 4.98 Å². The summed E-state index contributed by atoms with van der Waals surface area (Å²) >= 11 is 0. The number of nitrogen functional groups attached to an aromatic ring is 1. The maximum Gasteiger partial charge on any atom is 0.351 e. The molecule has 0 amide bonds. The molecule has 2 aromatic rings. The number of carboxylic acid groups (broad SMARTS) is 1. The van der Waals surface area contributed by atoms with E-state index in [1.165, 1.54) is 19.1 Å². The Morgan fingerprint density at radius 3 is 2.58 bits per heavy atom. The van der Waals surface area contributed by atoms with Gasteiger partial charge in [0.05, 0.1) is 6.61 Å². The molecule has 3 rings (SSSR count). The molecule has 3 N–H and O–H groups in total. The van der Waals surface area contributed by atoms with Gasteiger partial charge in [0.2, 0.25) is 6.23 Å². The van der Waals surface area contributed by atoms with Crippen molar-refractivity contribution in [1.29, 1.82) is 0 Å². The van der Waals surface area contributed by atoms with E-state index in [9.17, 15) is 24.1 Å². The maximum absolute atomic E-state index is 15.2. The van der Waals surface area contributed by atoms with Crippen LogP contribution in [0.3, 0.4) is 0 Å². The summed E-state index contributed by atoms with van der Waals surface area (Å²) < 4.78 is 58.9. The molecular weight excluding hydrogens is 509 g/mol. The fraction of sp³-hybridized carbons (Fsp3) is 0.400. The summed E-state index contributed by atoms with van der Waals surface area (Å²) in [5, 5.41) is 9.35. The highest BCUT2D eigenvalue weighted by Gasteiger charge is 2.62. The summed E-state index contributed by atoms with van der Waals surface area (Å²) in [4.78, 5) is 44.4. The summed E-state index contributed by atoms with van der Waals surface area (Å²) in [5.41, 5.74) is 4.25. The van der Waals surface area contributed by atoms with E-state index in [4.69, 9.17) is 24.6 Å². The van der Waals surface area contributed by atoms with Crippen molar-refractivity contribution in [2.24, 2.45) is 0 Å². The second-order valence-corrected chi connectivity index (χ2v) is 8.86. The molecule has 0 bridgehead atoms. The van der Waals surface area contributed by atoms with Crippen molar-refractivity contribution in [3.63, 3.8) is 0 Å². The number of carbonyl (C=O) groups excluding carboxylic acids is 1.